The van der Waals surface area contributed by atoms with E-state index in [1.165, 1.54) is 11.6 Å². The van der Waals surface area contributed by atoms with Crippen LogP contribution in [0.5, 0.6) is 0 Å². The summed E-state index contributed by atoms with van der Waals surface area (Å²) in [6, 6.07) is 4.94. The molecule has 0 aliphatic carbocycles. The Hall–Kier alpha value is -2.25. The molecule has 0 atom stereocenters. The minimum absolute atomic E-state index is 0.227. The van der Waals surface area contributed by atoms with E-state index in [0.717, 1.165) is 4.57 Å². The molecule has 0 spiro atoms. The normalized spacial score (nSPS) is 11.1. The Morgan fingerprint density at radius 3 is 2.64 bits per heavy atom. The predicted octanol–water partition coefficient (Wildman–Crippen LogP) is 2.01. The van der Waals surface area contributed by atoms with Gasteiger partial charge >= 0.3 is 5.69 Å². The first kappa shape index (κ1) is 14.7. The van der Waals surface area contributed by atoms with Crippen LogP contribution in [0.2, 0.25) is 10.0 Å². The molecule has 3 rings (SSSR count). The number of nitrogens with zero attached hydrogens (tertiary/aromatic N) is 3. The number of hydrogen-bond acceptors (Lipinski definition) is 4. The van der Waals surface area contributed by atoms with Crippen molar-refractivity contribution in [2.75, 3.05) is 5.32 Å². The van der Waals surface area contributed by atoms with Gasteiger partial charge in [-0.25, -0.2) is 4.79 Å². The van der Waals surface area contributed by atoms with Gasteiger partial charge in [-0.3, -0.25) is 13.9 Å². The first-order valence-electron chi connectivity index (χ1n) is 6.26. The molecule has 9 heteroatoms. The van der Waals surface area contributed by atoms with E-state index in [9.17, 15) is 9.59 Å². The third kappa shape index (κ3) is 2.28. The third-order valence-corrected chi connectivity index (χ3v) is 3.84. The average molecular weight is 340 g/mol. The Morgan fingerprint density at radius 1 is 1.18 bits per heavy atom. The fourth-order valence-electron chi connectivity index (χ4n) is 2.11. The van der Waals surface area contributed by atoms with Crippen molar-refractivity contribution in [3.05, 3.63) is 49.1 Å². The van der Waals surface area contributed by atoms with Crippen LogP contribution in [-0.4, -0.2) is 19.1 Å². The van der Waals surface area contributed by atoms with Crippen molar-refractivity contribution in [3.63, 3.8) is 0 Å². The summed E-state index contributed by atoms with van der Waals surface area (Å²) < 4.78 is 2.30. The van der Waals surface area contributed by atoms with Crippen LogP contribution in [0.1, 0.15) is 0 Å². The van der Waals surface area contributed by atoms with Gasteiger partial charge in [0.1, 0.15) is 0 Å². The fraction of sp³-hybridized carbons (Fsp3) is 0.154. The van der Waals surface area contributed by atoms with Gasteiger partial charge in [0.2, 0.25) is 5.95 Å². The zero-order valence-corrected chi connectivity index (χ0v) is 13.2. The summed E-state index contributed by atoms with van der Waals surface area (Å²) in [6.45, 7) is 0. The molecule has 0 fully saturated rings. The number of imidazole rings is 1. The van der Waals surface area contributed by atoms with E-state index >= 15 is 0 Å². The largest absolute Gasteiger partial charge is 0.332 e. The van der Waals surface area contributed by atoms with Crippen LogP contribution in [-0.2, 0) is 14.1 Å². The van der Waals surface area contributed by atoms with E-state index in [0.29, 0.717) is 15.7 Å². The van der Waals surface area contributed by atoms with Gasteiger partial charge < -0.3 is 10.3 Å². The molecule has 2 N–H and O–H groups in total. The smallest absolute Gasteiger partial charge is 0.324 e. The molecule has 0 unspecified atom stereocenters. The van der Waals surface area contributed by atoms with Gasteiger partial charge in [-0.1, -0.05) is 23.2 Å². The maximum atomic E-state index is 12.1. The number of aromatic amines is 1. The number of fused-ring (bicyclic) bond motifs is 1. The fourth-order valence-corrected chi connectivity index (χ4v) is 2.44. The summed E-state index contributed by atoms with van der Waals surface area (Å²) in [5.74, 6) is 0.289. The Balaban J connectivity index is 2.16. The molecule has 0 aliphatic heterocycles. The molecule has 0 saturated heterocycles. The number of hydrogen-bond donors (Lipinski definition) is 2. The first-order chi connectivity index (χ1) is 10.4. The molecular weight excluding hydrogens is 329 g/mol. The van der Waals surface area contributed by atoms with E-state index < -0.39 is 11.2 Å². The number of halogens is 2. The monoisotopic (exact) mass is 339 g/mol. The lowest BCUT2D eigenvalue weighted by Crippen LogP contribution is -2.36. The molecule has 22 heavy (non-hydrogen) atoms. The molecule has 3 aromatic rings. The summed E-state index contributed by atoms with van der Waals surface area (Å²) in [4.78, 5) is 31.0. The van der Waals surface area contributed by atoms with E-state index in [1.54, 1.807) is 25.2 Å². The number of aryl methyl sites for hydroxylation is 1. The highest BCUT2D eigenvalue weighted by Gasteiger charge is 2.14. The van der Waals surface area contributed by atoms with Gasteiger partial charge in [-0.2, -0.15) is 4.98 Å². The van der Waals surface area contributed by atoms with Crippen molar-refractivity contribution < 1.29 is 0 Å². The van der Waals surface area contributed by atoms with E-state index in [4.69, 9.17) is 23.2 Å². The Morgan fingerprint density at radius 2 is 1.91 bits per heavy atom. The second kappa shape index (κ2) is 5.19. The molecule has 114 valence electrons. The van der Waals surface area contributed by atoms with Gasteiger partial charge in [0.15, 0.2) is 11.2 Å². The second-order valence-corrected chi connectivity index (χ2v) is 5.58. The summed E-state index contributed by atoms with van der Waals surface area (Å²) >= 11 is 12.0. The minimum atomic E-state index is -0.448. The molecular formula is C13H11Cl2N5O2. The van der Waals surface area contributed by atoms with Crippen molar-refractivity contribution in [1.29, 1.82) is 0 Å². The van der Waals surface area contributed by atoms with Crippen molar-refractivity contribution in [2.45, 2.75) is 0 Å². The van der Waals surface area contributed by atoms with Crippen LogP contribution in [0.15, 0.2) is 27.8 Å². The second-order valence-electron chi connectivity index (χ2n) is 4.74. The third-order valence-electron chi connectivity index (χ3n) is 3.28. The molecule has 0 bridgehead atoms. The number of aromatic nitrogens is 4. The summed E-state index contributed by atoms with van der Waals surface area (Å²) in [7, 11) is 2.95. The van der Waals surface area contributed by atoms with Crippen molar-refractivity contribution in [1.82, 2.24) is 19.1 Å². The Bertz CT molecular complexity index is 1000. The van der Waals surface area contributed by atoms with Crippen molar-refractivity contribution in [2.24, 2.45) is 14.1 Å². The maximum absolute atomic E-state index is 12.1. The lowest BCUT2D eigenvalue weighted by atomic mass is 10.3. The van der Waals surface area contributed by atoms with Crippen LogP contribution in [0.4, 0.5) is 11.6 Å². The van der Waals surface area contributed by atoms with Crippen LogP contribution >= 0.6 is 23.2 Å². The van der Waals surface area contributed by atoms with Crippen molar-refractivity contribution in [3.8, 4) is 0 Å². The number of anilines is 2. The van der Waals surface area contributed by atoms with E-state index in [1.807, 2.05) is 0 Å². The highest BCUT2D eigenvalue weighted by Crippen LogP contribution is 2.27. The first-order valence-corrected chi connectivity index (χ1v) is 7.02. The average Bonchev–Trinajstić information content (AvgIpc) is 2.91. The Labute approximate surface area is 134 Å². The summed E-state index contributed by atoms with van der Waals surface area (Å²) in [5.41, 5.74) is 0.126. The van der Waals surface area contributed by atoms with Gasteiger partial charge in [0.25, 0.3) is 5.56 Å². The van der Waals surface area contributed by atoms with Gasteiger partial charge in [0, 0.05) is 19.1 Å². The van der Waals surface area contributed by atoms with Gasteiger partial charge in [-0.15, -0.1) is 0 Å². The molecule has 2 heterocycles. The molecule has 7 nitrogen and oxygen atoms in total. The lowest BCUT2D eigenvalue weighted by Gasteiger charge is -2.05. The molecule has 2 aromatic heterocycles. The molecule has 0 aliphatic rings. The summed E-state index contributed by atoms with van der Waals surface area (Å²) in [5, 5.41) is 3.91. The van der Waals surface area contributed by atoms with Crippen LogP contribution in [0.25, 0.3) is 11.2 Å². The summed E-state index contributed by atoms with van der Waals surface area (Å²) in [6.07, 6.45) is 0. The zero-order valence-electron chi connectivity index (χ0n) is 11.6. The molecule has 0 saturated carbocycles. The van der Waals surface area contributed by atoms with Crippen LogP contribution < -0.4 is 16.6 Å². The van der Waals surface area contributed by atoms with Crippen LogP contribution in [0, 0.1) is 0 Å². The van der Waals surface area contributed by atoms with Gasteiger partial charge in [-0.05, 0) is 18.2 Å². The topological polar surface area (TPSA) is 84.7 Å². The molecule has 1 aromatic carbocycles. The van der Waals surface area contributed by atoms with E-state index in [-0.39, 0.29) is 17.1 Å². The zero-order chi connectivity index (χ0) is 16.0. The maximum Gasteiger partial charge on any atom is 0.332 e. The number of nitrogens with one attached hydrogen (secondary N) is 2. The van der Waals surface area contributed by atoms with Gasteiger partial charge in [0.05, 0.1) is 10.7 Å². The molecule has 0 amide bonds. The predicted molar refractivity (Wildman–Crippen MR) is 86.3 cm³/mol. The van der Waals surface area contributed by atoms with Crippen LogP contribution in [0.3, 0.4) is 0 Å². The quantitative estimate of drug-likeness (QED) is 0.747. The molecule has 0 radical (unpaired) electrons. The van der Waals surface area contributed by atoms with E-state index in [2.05, 4.69) is 15.3 Å². The number of rotatable bonds is 2. The van der Waals surface area contributed by atoms with Crippen molar-refractivity contribution >= 4 is 46.0 Å². The minimum Gasteiger partial charge on any atom is -0.324 e. The lowest BCUT2D eigenvalue weighted by molar-refractivity contribution is 0.709. The SMILES string of the molecule is Cn1c(=O)c2[nH]c(Nc3cc(Cl)ccc3Cl)nc2n(C)c1=O. The highest BCUT2D eigenvalue weighted by molar-refractivity contribution is 6.35. The Kier molecular flexibility index (Phi) is 3.46. The number of H-pyrrole nitrogens is 1. The highest BCUT2D eigenvalue weighted by atomic mass is 35.5. The number of benzene rings is 1. The standard InChI is InChI=1S/C13H11Cl2N5O2/c1-19-10-9(11(21)20(2)13(19)22)17-12(18-10)16-8-5-6(14)3-4-7(8)15/h3-5H,1-2H3,(H2,16,17,18).